The molecule has 1 aromatic rings. The topological polar surface area (TPSA) is 67.9 Å². The van der Waals surface area contributed by atoms with Gasteiger partial charge in [-0.15, -0.1) is 0 Å². The number of ether oxygens (including phenoxy) is 2. The van der Waals surface area contributed by atoms with Gasteiger partial charge in [0.15, 0.2) is 11.5 Å². The fourth-order valence-corrected chi connectivity index (χ4v) is 4.23. The summed E-state index contributed by atoms with van der Waals surface area (Å²) in [7, 11) is 1.62. The molecule has 0 unspecified atom stereocenters. The fourth-order valence-electron chi connectivity index (χ4n) is 4.23. The zero-order chi connectivity index (χ0) is 22.5. The highest BCUT2D eigenvalue weighted by Crippen LogP contribution is 2.39. The van der Waals surface area contributed by atoms with Crippen molar-refractivity contribution in [2.75, 3.05) is 25.6 Å². The lowest BCUT2D eigenvalue weighted by Crippen LogP contribution is -2.38. The largest absolute Gasteiger partial charge is 0.493 e. The minimum atomic E-state index is -0.413. The van der Waals surface area contributed by atoms with Crippen LogP contribution in [0.4, 0.5) is 5.69 Å². The molecule has 1 aliphatic heterocycles. The summed E-state index contributed by atoms with van der Waals surface area (Å²) in [6.07, 6.45) is 4.43. The average molecular weight is 419 g/mol. The Morgan fingerprint density at radius 1 is 1.23 bits per heavy atom. The number of nitrogens with zero attached hydrogens (tertiary/aromatic N) is 1. The number of carbonyl (C=O) groups is 2. The monoisotopic (exact) mass is 418 g/mol. The number of methoxy groups -OCH3 is 1. The van der Waals surface area contributed by atoms with Crippen LogP contribution >= 0.6 is 0 Å². The van der Waals surface area contributed by atoms with Crippen LogP contribution in [-0.2, 0) is 9.59 Å². The van der Waals surface area contributed by atoms with Gasteiger partial charge in [-0.25, -0.2) is 0 Å². The van der Waals surface area contributed by atoms with Crippen LogP contribution in [0.25, 0.3) is 0 Å². The minimum Gasteiger partial charge on any atom is -0.493 e. The zero-order valence-corrected chi connectivity index (χ0v) is 19.6. The molecule has 0 spiro atoms. The van der Waals surface area contributed by atoms with Gasteiger partial charge in [0.25, 0.3) is 0 Å². The molecule has 6 nitrogen and oxygen atoms in total. The van der Waals surface area contributed by atoms with Crippen molar-refractivity contribution >= 4 is 18.0 Å². The first kappa shape index (κ1) is 24.0. The maximum Gasteiger partial charge on any atom is 0.247 e. The summed E-state index contributed by atoms with van der Waals surface area (Å²) < 4.78 is 11.7. The molecule has 0 aliphatic carbocycles. The first-order chi connectivity index (χ1) is 14.0. The number of carbonyl (C=O) groups excluding carboxylic acids is 2. The van der Waals surface area contributed by atoms with Crippen molar-refractivity contribution in [3.8, 4) is 11.5 Å². The lowest BCUT2D eigenvalue weighted by Gasteiger charge is -2.34. The van der Waals surface area contributed by atoms with E-state index < -0.39 is 6.04 Å². The third-order valence-corrected chi connectivity index (χ3v) is 6.03. The zero-order valence-electron chi connectivity index (χ0n) is 19.6. The van der Waals surface area contributed by atoms with Crippen LogP contribution in [-0.4, -0.2) is 43.5 Å². The predicted molar refractivity (Wildman–Crippen MR) is 120 cm³/mol. The molecule has 1 heterocycles. The highest BCUT2D eigenvalue weighted by atomic mass is 16.5. The Bertz CT molecular complexity index is 758. The molecule has 1 N–H and O–H groups in total. The molecule has 6 heteroatoms. The van der Waals surface area contributed by atoms with Crippen molar-refractivity contribution in [1.29, 1.82) is 0 Å². The summed E-state index contributed by atoms with van der Waals surface area (Å²) in [6.45, 7) is 14.3. The van der Waals surface area contributed by atoms with Crippen LogP contribution in [0.2, 0.25) is 0 Å². The van der Waals surface area contributed by atoms with Gasteiger partial charge in [-0.3, -0.25) is 9.59 Å². The Kier molecular flexibility index (Phi) is 7.78. The number of amides is 2. The second-order valence-corrected chi connectivity index (χ2v) is 9.96. The highest BCUT2D eigenvalue weighted by Gasteiger charge is 2.31. The van der Waals surface area contributed by atoms with Crippen LogP contribution in [0, 0.1) is 17.8 Å². The Hall–Kier alpha value is -2.24. The molecule has 0 aromatic heterocycles. The van der Waals surface area contributed by atoms with Crippen LogP contribution in [0.5, 0.6) is 11.5 Å². The summed E-state index contributed by atoms with van der Waals surface area (Å²) in [5.41, 5.74) is 1.80. The van der Waals surface area contributed by atoms with Gasteiger partial charge >= 0.3 is 0 Å². The van der Waals surface area contributed by atoms with E-state index in [2.05, 4.69) is 39.9 Å². The number of likely N-dealkylation sites (tertiary alicyclic amines) is 1. The molecule has 168 valence electrons. The van der Waals surface area contributed by atoms with Crippen LogP contribution in [0.3, 0.4) is 0 Å². The van der Waals surface area contributed by atoms with Crippen molar-refractivity contribution in [3.05, 3.63) is 17.7 Å². The Morgan fingerprint density at radius 3 is 2.53 bits per heavy atom. The average Bonchev–Trinajstić information content (AvgIpc) is 3.16. The summed E-state index contributed by atoms with van der Waals surface area (Å²) in [6, 6.07) is 3.29. The second kappa shape index (κ2) is 9.71. The number of aryl methyl sites for hydroxylation is 1. The molecule has 1 aliphatic rings. The third kappa shape index (κ3) is 6.13. The van der Waals surface area contributed by atoms with Gasteiger partial charge in [0.1, 0.15) is 6.04 Å². The number of rotatable bonds is 10. The van der Waals surface area contributed by atoms with E-state index in [0.717, 1.165) is 31.2 Å². The van der Waals surface area contributed by atoms with Gasteiger partial charge in [0.05, 0.1) is 13.7 Å². The van der Waals surface area contributed by atoms with Crippen molar-refractivity contribution in [2.45, 2.75) is 73.3 Å². The molecule has 1 saturated heterocycles. The van der Waals surface area contributed by atoms with Gasteiger partial charge in [-0.05, 0) is 48.6 Å². The molecule has 30 heavy (non-hydrogen) atoms. The standard InChI is InChI=1S/C24H38N2O4/c1-8-23(3,4)14-24(5,6)15-30-21-13-18(17(2)12-20(21)29-7)25-22(28)19-10-9-11-26(19)16-27/h12-13,16,19H,8-11,14-15H2,1-7H3,(H,25,28)/t19-/m0/s1. The van der Waals surface area contributed by atoms with Crippen LogP contribution in [0.15, 0.2) is 12.1 Å². The molecule has 0 bridgehead atoms. The molecule has 1 aromatic carbocycles. The maximum absolute atomic E-state index is 12.7. The van der Waals surface area contributed by atoms with Crippen molar-refractivity contribution < 1.29 is 19.1 Å². The van der Waals surface area contributed by atoms with Crippen molar-refractivity contribution in [2.24, 2.45) is 10.8 Å². The quantitative estimate of drug-likeness (QED) is 0.555. The highest BCUT2D eigenvalue weighted by molar-refractivity contribution is 5.97. The Labute approximate surface area is 181 Å². The van der Waals surface area contributed by atoms with Gasteiger partial charge in [0.2, 0.25) is 12.3 Å². The fraction of sp³-hybridized carbons (Fsp3) is 0.667. The smallest absolute Gasteiger partial charge is 0.247 e. The molecule has 1 atom stereocenters. The number of anilines is 1. The normalized spacial score (nSPS) is 17.0. The summed E-state index contributed by atoms with van der Waals surface area (Å²) in [5, 5.41) is 2.98. The van der Waals surface area contributed by atoms with Gasteiger partial charge in [-0.1, -0.05) is 41.0 Å². The number of benzene rings is 1. The molecule has 0 saturated carbocycles. The van der Waals surface area contributed by atoms with E-state index in [1.807, 2.05) is 19.1 Å². The number of nitrogens with one attached hydrogen (secondary N) is 1. The van der Waals surface area contributed by atoms with E-state index in [-0.39, 0.29) is 16.7 Å². The van der Waals surface area contributed by atoms with Gasteiger partial charge in [-0.2, -0.15) is 0 Å². The van der Waals surface area contributed by atoms with Gasteiger partial charge < -0.3 is 19.7 Å². The molecule has 0 radical (unpaired) electrons. The molecular formula is C24H38N2O4. The molecular weight excluding hydrogens is 380 g/mol. The van der Waals surface area contributed by atoms with E-state index in [4.69, 9.17) is 9.47 Å². The summed E-state index contributed by atoms with van der Waals surface area (Å²) in [5.74, 6) is 1.09. The predicted octanol–water partition coefficient (Wildman–Crippen LogP) is 4.79. The van der Waals surface area contributed by atoms with E-state index >= 15 is 0 Å². The number of hydrogen-bond acceptors (Lipinski definition) is 4. The second-order valence-electron chi connectivity index (χ2n) is 9.96. The van der Waals surface area contributed by atoms with E-state index in [9.17, 15) is 9.59 Å². The van der Waals surface area contributed by atoms with E-state index in [0.29, 0.717) is 36.8 Å². The number of hydrogen-bond donors (Lipinski definition) is 1. The minimum absolute atomic E-state index is 0.00682. The molecule has 1 fully saturated rings. The van der Waals surface area contributed by atoms with E-state index in [1.165, 1.54) is 0 Å². The first-order valence-electron chi connectivity index (χ1n) is 10.9. The third-order valence-electron chi connectivity index (χ3n) is 6.03. The lowest BCUT2D eigenvalue weighted by atomic mass is 9.74. The lowest BCUT2D eigenvalue weighted by molar-refractivity contribution is -0.127. The van der Waals surface area contributed by atoms with Crippen molar-refractivity contribution in [3.63, 3.8) is 0 Å². The first-order valence-corrected chi connectivity index (χ1v) is 10.9. The molecule has 2 rings (SSSR count). The van der Waals surface area contributed by atoms with E-state index in [1.54, 1.807) is 12.0 Å². The van der Waals surface area contributed by atoms with Crippen LogP contribution < -0.4 is 14.8 Å². The maximum atomic E-state index is 12.7. The van der Waals surface area contributed by atoms with Crippen molar-refractivity contribution in [1.82, 2.24) is 4.90 Å². The summed E-state index contributed by atoms with van der Waals surface area (Å²) >= 11 is 0. The Morgan fingerprint density at radius 2 is 1.93 bits per heavy atom. The summed E-state index contributed by atoms with van der Waals surface area (Å²) in [4.78, 5) is 25.5. The Balaban J connectivity index is 2.16. The van der Waals surface area contributed by atoms with Gasteiger partial charge in [0, 0.05) is 18.3 Å². The molecule has 2 amide bonds. The SMILES string of the molecule is CCC(C)(C)CC(C)(C)COc1cc(NC(=O)[C@@H]2CCCN2C=O)c(C)cc1OC. The van der Waals surface area contributed by atoms with Crippen LogP contribution in [0.1, 0.15) is 65.9 Å².